The molecule has 10 N–H and O–H groups in total. The van der Waals surface area contributed by atoms with Crippen molar-refractivity contribution in [1.82, 2.24) is 20.9 Å². The molecule has 1 unspecified atom stereocenters. The van der Waals surface area contributed by atoms with Gasteiger partial charge in [-0.1, -0.05) is 98.7 Å². The molecule has 0 saturated carbocycles. The normalized spacial score (nSPS) is 14.2. The summed E-state index contributed by atoms with van der Waals surface area (Å²) in [6.45, 7) is 21.6. The quantitative estimate of drug-likeness (QED) is 0.0597. The van der Waals surface area contributed by atoms with Crippen molar-refractivity contribution in [3.8, 4) is 0 Å². The summed E-state index contributed by atoms with van der Waals surface area (Å²) in [7, 11) is 1.89. The van der Waals surface area contributed by atoms with Gasteiger partial charge in [-0.05, 0) is 84.8 Å². The van der Waals surface area contributed by atoms with Crippen LogP contribution < -0.4 is 33.2 Å². The topological polar surface area (TPSA) is 176 Å². The molecule has 51 heavy (non-hydrogen) atoms. The molecule has 10 heteroatoms. The van der Waals surface area contributed by atoms with E-state index in [2.05, 4.69) is 100 Å². The lowest BCUT2D eigenvalue weighted by molar-refractivity contribution is -0.133. The van der Waals surface area contributed by atoms with E-state index in [4.69, 9.17) is 17.2 Å². The Balaban J connectivity index is 1.98. The first-order valence-electron chi connectivity index (χ1n) is 18.4. The van der Waals surface area contributed by atoms with Crippen LogP contribution in [-0.4, -0.2) is 55.5 Å². The fourth-order valence-electron chi connectivity index (χ4n) is 6.77. The van der Waals surface area contributed by atoms with Gasteiger partial charge in [0.1, 0.15) is 0 Å². The van der Waals surface area contributed by atoms with Crippen molar-refractivity contribution in [2.45, 2.75) is 123 Å². The molecule has 0 aliphatic carbocycles. The average molecular weight is 703 g/mol. The molecule has 0 radical (unpaired) electrons. The third-order valence-corrected chi connectivity index (χ3v) is 9.75. The highest BCUT2D eigenvalue weighted by Crippen LogP contribution is 2.41. The van der Waals surface area contributed by atoms with Gasteiger partial charge < -0.3 is 38.1 Å². The van der Waals surface area contributed by atoms with Crippen LogP contribution in [0.1, 0.15) is 116 Å². The Labute approximate surface area is 306 Å². The van der Waals surface area contributed by atoms with Crippen LogP contribution in [0.4, 0.5) is 0 Å². The van der Waals surface area contributed by atoms with Crippen LogP contribution in [0.15, 0.2) is 47.5 Å². The van der Waals surface area contributed by atoms with Crippen molar-refractivity contribution in [3.05, 3.63) is 70.4 Å². The van der Waals surface area contributed by atoms with E-state index in [1.807, 2.05) is 37.4 Å². The summed E-state index contributed by atoms with van der Waals surface area (Å²) in [4.78, 5) is 36.0. The fourth-order valence-corrected chi connectivity index (χ4v) is 6.77. The molecular formula is C41H66N8O2. The first-order chi connectivity index (χ1) is 23.7. The Hall–Kier alpha value is -3.89. The van der Waals surface area contributed by atoms with E-state index in [-0.39, 0.29) is 40.6 Å². The standard InChI is InChI=1S/C41H66N8O2/c1-38(2,3)28-22-30(39(4,5)6)33-29(34(40(7,8)9)49-32(33)23-28)24-31(42)35(50)48-26-41(18-14-20-45-10,19-15-21-46-37(43)44)36(51)47-25-27-16-12-11-13-17-27/h11-13,16-17,22-23,31,45,49H,14-15,18-21,24-26,42H2,1-10H3,(H,47,51)(H,48,50)(H4,43,44,46)/t31-,41?/m0/s1. The number of aliphatic imine (C=N–C) groups is 1. The second kappa shape index (κ2) is 17.1. The molecule has 0 fully saturated rings. The van der Waals surface area contributed by atoms with E-state index in [1.165, 1.54) is 11.1 Å². The van der Waals surface area contributed by atoms with Crippen LogP contribution in [0, 0.1) is 5.41 Å². The minimum atomic E-state index is -0.889. The van der Waals surface area contributed by atoms with E-state index in [1.54, 1.807) is 0 Å². The molecule has 0 saturated heterocycles. The van der Waals surface area contributed by atoms with E-state index >= 15 is 0 Å². The van der Waals surface area contributed by atoms with Gasteiger partial charge in [0.15, 0.2) is 5.96 Å². The van der Waals surface area contributed by atoms with E-state index < -0.39 is 11.5 Å². The number of rotatable bonds is 16. The number of amides is 2. The molecule has 2 amide bonds. The van der Waals surface area contributed by atoms with Gasteiger partial charge in [-0.3, -0.25) is 14.6 Å². The maximum absolute atomic E-state index is 14.1. The zero-order valence-electron chi connectivity index (χ0n) is 33.0. The smallest absolute Gasteiger partial charge is 0.237 e. The van der Waals surface area contributed by atoms with Crippen LogP contribution in [0.2, 0.25) is 0 Å². The molecule has 2 atom stereocenters. The summed E-state index contributed by atoms with van der Waals surface area (Å²) in [6, 6.07) is 13.6. The number of carbonyl (C=O) groups excluding carboxylic acids is 2. The lowest BCUT2D eigenvalue weighted by Gasteiger charge is -2.33. The van der Waals surface area contributed by atoms with Crippen molar-refractivity contribution in [2.24, 2.45) is 27.6 Å². The Kier molecular flexibility index (Phi) is 13.9. The Morgan fingerprint density at radius 1 is 0.863 bits per heavy atom. The average Bonchev–Trinajstić information content (AvgIpc) is 3.42. The van der Waals surface area contributed by atoms with Gasteiger partial charge in [0.25, 0.3) is 0 Å². The number of nitrogens with one attached hydrogen (secondary N) is 4. The van der Waals surface area contributed by atoms with Gasteiger partial charge in [-0.15, -0.1) is 0 Å². The number of hydrogen-bond donors (Lipinski definition) is 7. The number of carbonyl (C=O) groups is 2. The minimum absolute atomic E-state index is 0.0137. The Bertz CT molecular complexity index is 1640. The van der Waals surface area contributed by atoms with E-state index in [0.29, 0.717) is 38.8 Å². The maximum Gasteiger partial charge on any atom is 0.237 e. The summed E-state index contributed by atoms with van der Waals surface area (Å²) in [5.74, 6) is -0.386. The van der Waals surface area contributed by atoms with Gasteiger partial charge in [0.05, 0.1) is 11.5 Å². The molecule has 282 valence electrons. The van der Waals surface area contributed by atoms with Crippen LogP contribution in [0.3, 0.4) is 0 Å². The Morgan fingerprint density at radius 2 is 1.51 bits per heavy atom. The van der Waals surface area contributed by atoms with Gasteiger partial charge in [0.2, 0.25) is 11.8 Å². The van der Waals surface area contributed by atoms with Gasteiger partial charge in [-0.25, -0.2) is 0 Å². The summed E-state index contributed by atoms with van der Waals surface area (Å²) < 4.78 is 0. The second-order valence-corrected chi connectivity index (χ2v) is 17.3. The van der Waals surface area contributed by atoms with Crippen molar-refractivity contribution in [1.29, 1.82) is 0 Å². The maximum atomic E-state index is 14.1. The highest BCUT2D eigenvalue weighted by atomic mass is 16.2. The monoisotopic (exact) mass is 703 g/mol. The predicted octanol–water partition coefficient (Wildman–Crippen LogP) is 5.40. The third-order valence-electron chi connectivity index (χ3n) is 9.75. The zero-order valence-corrected chi connectivity index (χ0v) is 33.0. The molecule has 1 heterocycles. The summed E-state index contributed by atoms with van der Waals surface area (Å²) in [5, 5.41) is 10.6. The van der Waals surface area contributed by atoms with Crippen molar-refractivity contribution in [3.63, 3.8) is 0 Å². The van der Waals surface area contributed by atoms with E-state index in [0.717, 1.165) is 40.7 Å². The van der Waals surface area contributed by atoms with Crippen LogP contribution in [-0.2, 0) is 38.8 Å². The van der Waals surface area contributed by atoms with Crippen LogP contribution in [0.5, 0.6) is 0 Å². The molecule has 0 spiro atoms. The number of nitrogens with zero attached hydrogens (tertiary/aromatic N) is 1. The SMILES string of the molecule is CNCCCC(CCCN=C(N)N)(CNC(=O)[C@@H](N)Cc1c(C(C)(C)C)[nH]c2cc(C(C)(C)C)cc(C(C)(C)C)c12)C(=O)NCc1ccccc1. The van der Waals surface area contributed by atoms with Crippen molar-refractivity contribution >= 4 is 28.7 Å². The minimum Gasteiger partial charge on any atom is -0.370 e. The molecule has 10 nitrogen and oxygen atoms in total. The molecule has 1 aromatic heterocycles. The zero-order chi connectivity index (χ0) is 38.2. The molecule has 0 aliphatic rings. The Morgan fingerprint density at radius 3 is 2.08 bits per heavy atom. The predicted molar refractivity (Wildman–Crippen MR) is 213 cm³/mol. The number of guanidine groups is 1. The number of aromatic nitrogens is 1. The van der Waals surface area contributed by atoms with Gasteiger partial charge in [-0.2, -0.15) is 0 Å². The third kappa shape index (κ3) is 11.3. The molecule has 3 aromatic rings. The largest absolute Gasteiger partial charge is 0.370 e. The molecule has 3 rings (SSSR count). The highest BCUT2D eigenvalue weighted by Gasteiger charge is 2.38. The van der Waals surface area contributed by atoms with Crippen molar-refractivity contribution < 1.29 is 9.59 Å². The van der Waals surface area contributed by atoms with E-state index in [9.17, 15) is 9.59 Å². The molecule has 0 aliphatic heterocycles. The summed E-state index contributed by atoms with van der Waals surface area (Å²) in [6.07, 6.45) is 2.73. The lowest BCUT2D eigenvalue weighted by atomic mass is 9.77. The highest BCUT2D eigenvalue weighted by molar-refractivity contribution is 5.92. The number of nitrogens with two attached hydrogens (primary N) is 3. The molecule has 0 bridgehead atoms. The lowest BCUT2D eigenvalue weighted by Crippen LogP contribution is -2.52. The summed E-state index contributed by atoms with van der Waals surface area (Å²) >= 11 is 0. The first kappa shape index (κ1) is 41.5. The number of fused-ring (bicyclic) bond motifs is 1. The number of H-pyrrole nitrogens is 1. The second-order valence-electron chi connectivity index (χ2n) is 17.3. The number of hydrogen-bond acceptors (Lipinski definition) is 5. The van der Waals surface area contributed by atoms with Crippen molar-refractivity contribution in [2.75, 3.05) is 26.7 Å². The van der Waals surface area contributed by atoms with Gasteiger partial charge in [0, 0.05) is 41.6 Å². The fraction of sp³-hybridized carbons (Fsp3) is 0.585. The molecule has 2 aromatic carbocycles. The summed E-state index contributed by atoms with van der Waals surface area (Å²) in [5.41, 5.74) is 23.4. The first-order valence-corrected chi connectivity index (χ1v) is 18.4. The number of aromatic amines is 1. The number of benzene rings is 2. The molecular weight excluding hydrogens is 637 g/mol. The van der Waals surface area contributed by atoms with Crippen LogP contribution >= 0.6 is 0 Å². The van der Waals surface area contributed by atoms with Gasteiger partial charge >= 0.3 is 0 Å². The van der Waals surface area contributed by atoms with Crippen LogP contribution in [0.25, 0.3) is 10.9 Å².